The molecular weight excluding hydrogens is 416 g/mol. The number of amides is 1. The molecule has 0 saturated heterocycles. The Morgan fingerprint density at radius 1 is 1.11 bits per heavy atom. The first kappa shape index (κ1) is 20.3. The van der Waals surface area contributed by atoms with Crippen molar-refractivity contribution in [2.45, 2.75) is 38.5 Å². The highest BCUT2D eigenvalue weighted by Crippen LogP contribution is 2.24. The van der Waals surface area contributed by atoms with Crippen LogP contribution in [0.2, 0.25) is 0 Å². The SMILES string of the molecule is CC(C)(CNC(=O)CCCc1ncc(-c2ccccc2)o1)c1ccc(Br)cc1. The largest absolute Gasteiger partial charge is 0.441 e. The summed E-state index contributed by atoms with van der Waals surface area (Å²) in [6.45, 7) is 4.87. The number of hydrogen-bond acceptors (Lipinski definition) is 3. The van der Waals surface area contributed by atoms with Crippen LogP contribution in [-0.2, 0) is 16.6 Å². The highest BCUT2D eigenvalue weighted by atomic mass is 79.9. The Kier molecular flexibility index (Phi) is 6.68. The molecule has 0 spiro atoms. The molecule has 2 aromatic carbocycles. The van der Waals surface area contributed by atoms with Gasteiger partial charge in [-0.1, -0.05) is 72.2 Å². The van der Waals surface area contributed by atoms with Gasteiger partial charge in [-0.3, -0.25) is 4.79 Å². The van der Waals surface area contributed by atoms with Crippen molar-refractivity contribution in [2.75, 3.05) is 6.54 Å². The number of hydrogen-bond donors (Lipinski definition) is 1. The Morgan fingerprint density at radius 3 is 2.54 bits per heavy atom. The van der Waals surface area contributed by atoms with Crippen LogP contribution in [0.1, 0.15) is 38.1 Å². The van der Waals surface area contributed by atoms with E-state index in [0.717, 1.165) is 15.8 Å². The predicted octanol–water partition coefficient (Wildman–Crippen LogP) is 5.52. The van der Waals surface area contributed by atoms with E-state index in [2.05, 4.69) is 52.2 Å². The first-order valence-electron chi connectivity index (χ1n) is 9.47. The second-order valence-electron chi connectivity index (χ2n) is 7.51. The molecule has 4 nitrogen and oxygen atoms in total. The number of halogens is 1. The zero-order chi connectivity index (χ0) is 20.0. The number of nitrogens with zero attached hydrogens (tertiary/aromatic N) is 1. The van der Waals surface area contributed by atoms with Gasteiger partial charge in [-0.15, -0.1) is 0 Å². The van der Waals surface area contributed by atoms with E-state index in [-0.39, 0.29) is 11.3 Å². The summed E-state index contributed by atoms with van der Waals surface area (Å²) >= 11 is 3.45. The lowest BCUT2D eigenvalue weighted by Gasteiger charge is -2.25. The van der Waals surface area contributed by atoms with Gasteiger partial charge in [0.2, 0.25) is 5.91 Å². The van der Waals surface area contributed by atoms with Gasteiger partial charge >= 0.3 is 0 Å². The summed E-state index contributed by atoms with van der Waals surface area (Å²) in [7, 11) is 0. The molecule has 0 fully saturated rings. The molecule has 0 saturated carbocycles. The molecule has 146 valence electrons. The lowest BCUT2D eigenvalue weighted by Crippen LogP contribution is -2.36. The highest BCUT2D eigenvalue weighted by Gasteiger charge is 2.21. The molecule has 0 unspecified atom stereocenters. The second-order valence-corrected chi connectivity index (χ2v) is 8.42. The molecular formula is C23H25BrN2O2. The molecule has 5 heteroatoms. The summed E-state index contributed by atoms with van der Waals surface area (Å²) in [5, 5.41) is 3.05. The van der Waals surface area contributed by atoms with E-state index >= 15 is 0 Å². The van der Waals surface area contributed by atoms with Crippen molar-refractivity contribution >= 4 is 21.8 Å². The topological polar surface area (TPSA) is 55.1 Å². The average Bonchev–Trinajstić information content (AvgIpc) is 3.16. The van der Waals surface area contributed by atoms with Crippen LogP contribution in [0.3, 0.4) is 0 Å². The average molecular weight is 441 g/mol. The summed E-state index contributed by atoms with van der Waals surface area (Å²) in [5.41, 5.74) is 2.09. The van der Waals surface area contributed by atoms with Gasteiger partial charge in [0.25, 0.3) is 0 Å². The first-order valence-corrected chi connectivity index (χ1v) is 10.3. The fourth-order valence-corrected chi connectivity index (χ4v) is 3.24. The number of oxazole rings is 1. The van der Waals surface area contributed by atoms with Crippen LogP contribution in [0.25, 0.3) is 11.3 Å². The first-order chi connectivity index (χ1) is 13.4. The van der Waals surface area contributed by atoms with Crippen molar-refractivity contribution in [1.82, 2.24) is 10.3 Å². The monoisotopic (exact) mass is 440 g/mol. The molecule has 0 bridgehead atoms. The fraction of sp³-hybridized carbons (Fsp3) is 0.304. The van der Waals surface area contributed by atoms with Gasteiger partial charge in [0, 0.05) is 34.8 Å². The minimum atomic E-state index is -0.122. The van der Waals surface area contributed by atoms with E-state index in [9.17, 15) is 4.79 Å². The molecule has 0 aliphatic heterocycles. The van der Waals surface area contributed by atoms with Crippen LogP contribution < -0.4 is 5.32 Å². The van der Waals surface area contributed by atoms with Crippen LogP contribution in [-0.4, -0.2) is 17.4 Å². The molecule has 3 rings (SSSR count). The third-order valence-corrected chi connectivity index (χ3v) is 5.29. The number of carbonyl (C=O) groups is 1. The Bertz CT molecular complexity index is 902. The van der Waals surface area contributed by atoms with E-state index in [1.54, 1.807) is 6.20 Å². The van der Waals surface area contributed by atoms with E-state index in [0.29, 0.717) is 31.7 Å². The Balaban J connectivity index is 1.43. The molecule has 0 radical (unpaired) electrons. The van der Waals surface area contributed by atoms with Crippen LogP contribution in [0.5, 0.6) is 0 Å². The third kappa shape index (κ3) is 5.55. The van der Waals surface area contributed by atoms with Gasteiger partial charge in [0.05, 0.1) is 6.20 Å². The van der Waals surface area contributed by atoms with Gasteiger partial charge in [-0.25, -0.2) is 4.98 Å². The standard InChI is InChI=1S/C23H25BrN2O2/c1-23(2,18-11-13-19(24)14-12-18)16-26-21(27)9-6-10-22-25-15-20(28-22)17-7-4-3-5-8-17/h3-5,7-8,11-15H,6,9-10,16H2,1-2H3,(H,26,27). The molecule has 3 aromatic rings. The number of nitrogens with one attached hydrogen (secondary N) is 1. The smallest absolute Gasteiger partial charge is 0.220 e. The maximum Gasteiger partial charge on any atom is 0.220 e. The number of benzene rings is 2. The van der Waals surface area contributed by atoms with Crippen molar-refractivity contribution in [3.05, 3.63) is 76.7 Å². The summed E-state index contributed by atoms with van der Waals surface area (Å²) in [4.78, 5) is 16.5. The van der Waals surface area contributed by atoms with E-state index in [1.807, 2.05) is 42.5 Å². The van der Waals surface area contributed by atoms with Crippen molar-refractivity contribution < 1.29 is 9.21 Å². The maximum absolute atomic E-state index is 12.2. The van der Waals surface area contributed by atoms with E-state index < -0.39 is 0 Å². The highest BCUT2D eigenvalue weighted by molar-refractivity contribution is 9.10. The Morgan fingerprint density at radius 2 is 1.82 bits per heavy atom. The summed E-state index contributed by atoms with van der Waals surface area (Å²) < 4.78 is 6.84. The lowest BCUT2D eigenvalue weighted by atomic mass is 9.84. The van der Waals surface area contributed by atoms with E-state index in [4.69, 9.17) is 4.42 Å². The lowest BCUT2D eigenvalue weighted by molar-refractivity contribution is -0.121. The van der Waals surface area contributed by atoms with Crippen LogP contribution in [0, 0.1) is 0 Å². The molecule has 0 aliphatic rings. The quantitative estimate of drug-likeness (QED) is 0.501. The van der Waals surface area contributed by atoms with Crippen LogP contribution in [0.4, 0.5) is 0 Å². The van der Waals surface area contributed by atoms with Crippen LogP contribution >= 0.6 is 15.9 Å². The minimum absolute atomic E-state index is 0.0556. The molecule has 0 atom stereocenters. The van der Waals surface area contributed by atoms with Crippen LogP contribution in [0.15, 0.2) is 69.7 Å². The molecule has 28 heavy (non-hydrogen) atoms. The Hall–Kier alpha value is -2.40. The summed E-state index contributed by atoms with van der Waals surface area (Å²) in [6.07, 6.45) is 3.56. The number of rotatable bonds is 8. The molecule has 1 heterocycles. The predicted molar refractivity (Wildman–Crippen MR) is 115 cm³/mol. The number of aryl methyl sites for hydroxylation is 1. The van der Waals surface area contributed by atoms with Crippen molar-refractivity contribution in [3.63, 3.8) is 0 Å². The number of carbonyl (C=O) groups excluding carboxylic acids is 1. The number of aromatic nitrogens is 1. The zero-order valence-corrected chi connectivity index (χ0v) is 17.8. The minimum Gasteiger partial charge on any atom is -0.441 e. The van der Waals surface area contributed by atoms with Gasteiger partial charge in [-0.05, 0) is 24.1 Å². The summed E-state index contributed by atoms with van der Waals surface area (Å²) in [6, 6.07) is 18.1. The fourth-order valence-electron chi connectivity index (χ4n) is 2.97. The van der Waals surface area contributed by atoms with Gasteiger partial charge in [0.15, 0.2) is 11.7 Å². The normalized spacial score (nSPS) is 11.4. The molecule has 1 amide bonds. The molecule has 0 aliphatic carbocycles. The van der Waals surface area contributed by atoms with Crippen molar-refractivity contribution in [2.24, 2.45) is 0 Å². The zero-order valence-electron chi connectivity index (χ0n) is 16.2. The maximum atomic E-state index is 12.2. The molecule has 1 aromatic heterocycles. The molecule has 1 N–H and O–H groups in total. The van der Waals surface area contributed by atoms with Crippen molar-refractivity contribution in [3.8, 4) is 11.3 Å². The third-order valence-electron chi connectivity index (χ3n) is 4.76. The van der Waals surface area contributed by atoms with Gasteiger partial charge in [0.1, 0.15) is 0 Å². The second kappa shape index (κ2) is 9.20. The van der Waals surface area contributed by atoms with E-state index in [1.165, 1.54) is 5.56 Å². The van der Waals surface area contributed by atoms with Gasteiger partial charge < -0.3 is 9.73 Å². The Labute approximate surface area is 174 Å². The van der Waals surface area contributed by atoms with Gasteiger partial charge in [-0.2, -0.15) is 0 Å². The van der Waals surface area contributed by atoms with Crippen molar-refractivity contribution in [1.29, 1.82) is 0 Å². The summed E-state index contributed by atoms with van der Waals surface area (Å²) in [5.74, 6) is 1.48.